The summed E-state index contributed by atoms with van der Waals surface area (Å²) in [6.07, 6.45) is 3.04. The van der Waals surface area contributed by atoms with Crippen LogP contribution in [-0.4, -0.2) is 40.6 Å². The zero-order valence-corrected chi connectivity index (χ0v) is 13.5. The Balaban J connectivity index is 1.84. The van der Waals surface area contributed by atoms with Crippen LogP contribution in [-0.2, 0) is 6.42 Å². The van der Waals surface area contributed by atoms with Crippen molar-refractivity contribution < 1.29 is 19.4 Å². The van der Waals surface area contributed by atoms with Gasteiger partial charge in [-0.2, -0.15) is 0 Å². The van der Waals surface area contributed by atoms with Gasteiger partial charge in [0.1, 0.15) is 11.4 Å². The molecule has 1 aromatic carbocycles. The van der Waals surface area contributed by atoms with Crippen LogP contribution in [0.25, 0.3) is 0 Å². The molecule has 0 spiro atoms. The fourth-order valence-electron chi connectivity index (χ4n) is 2.15. The van der Waals surface area contributed by atoms with Gasteiger partial charge in [0, 0.05) is 6.54 Å². The summed E-state index contributed by atoms with van der Waals surface area (Å²) in [7, 11) is 1.62. The summed E-state index contributed by atoms with van der Waals surface area (Å²) in [5.74, 6) is -0.514. The minimum absolute atomic E-state index is 0.0941. The van der Waals surface area contributed by atoms with Crippen molar-refractivity contribution in [3.63, 3.8) is 0 Å². The van der Waals surface area contributed by atoms with Crippen LogP contribution in [0.5, 0.6) is 5.75 Å². The van der Waals surface area contributed by atoms with Gasteiger partial charge in [-0.25, -0.2) is 14.8 Å². The average Bonchev–Trinajstić information content (AvgIpc) is 2.60. The number of carboxylic acid groups (broad SMARTS) is 1. The number of ether oxygens (including phenoxy) is 1. The number of nitrogens with zero attached hydrogens (tertiary/aromatic N) is 2. The first-order chi connectivity index (χ1) is 11.5. The highest BCUT2D eigenvalue weighted by Gasteiger charge is 2.12. The molecule has 24 heavy (non-hydrogen) atoms. The molecule has 0 radical (unpaired) electrons. The Hall–Kier alpha value is -2.96. The first-order valence-electron chi connectivity index (χ1n) is 7.46. The molecule has 7 nitrogen and oxygen atoms in total. The Morgan fingerprint density at radius 2 is 1.79 bits per heavy atom. The van der Waals surface area contributed by atoms with E-state index in [1.54, 1.807) is 7.11 Å². The van der Waals surface area contributed by atoms with Crippen LogP contribution in [0.2, 0.25) is 0 Å². The van der Waals surface area contributed by atoms with Gasteiger partial charge < -0.3 is 15.2 Å². The minimum atomic E-state index is -1.18. The molecule has 0 fully saturated rings. The van der Waals surface area contributed by atoms with Crippen LogP contribution < -0.4 is 10.1 Å². The SMILES string of the molecule is COc1ccc(CC(C)CNC(=O)c2cnc(C(=O)O)cn2)cc1. The van der Waals surface area contributed by atoms with Crippen molar-refractivity contribution in [1.82, 2.24) is 15.3 Å². The van der Waals surface area contributed by atoms with Crippen LogP contribution in [0.4, 0.5) is 0 Å². The molecule has 2 aromatic rings. The van der Waals surface area contributed by atoms with Crippen LogP contribution >= 0.6 is 0 Å². The molecule has 2 N–H and O–H groups in total. The largest absolute Gasteiger partial charge is 0.497 e. The lowest BCUT2D eigenvalue weighted by Gasteiger charge is -2.13. The lowest BCUT2D eigenvalue weighted by atomic mass is 10.0. The first kappa shape index (κ1) is 17.4. The maximum atomic E-state index is 12.0. The Labute approximate surface area is 139 Å². The first-order valence-corrected chi connectivity index (χ1v) is 7.46. The normalized spacial score (nSPS) is 11.6. The van der Waals surface area contributed by atoms with E-state index in [0.717, 1.165) is 30.1 Å². The zero-order valence-electron chi connectivity index (χ0n) is 13.5. The number of methoxy groups -OCH3 is 1. The average molecular weight is 329 g/mol. The second kappa shape index (κ2) is 8.05. The van der Waals surface area contributed by atoms with Gasteiger partial charge >= 0.3 is 5.97 Å². The van der Waals surface area contributed by atoms with E-state index in [2.05, 4.69) is 15.3 Å². The van der Waals surface area contributed by atoms with Crippen LogP contribution in [0.1, 0.15) is 33.5 Å². The van der Waals surface area contributed by atoms with Crippen LogP contribution in [0.15, 0.2) is 36.7 Å². The second-order valence-corrected chi connectivity index (χ2v) is 5.46. The van der Waals surface area contributed by atoms with E-state index in [0.29, 0.717) is 6.54 Å². The molecule has 1 aromatic heterocycles. The van der Waals surface area contributed by atoms with E-state index in [4.69, 9.17) is 9.84 Å². The highest BCUT2D eigenvalue weighted by Crippen LogP contribution is 2.14. The topological polar surface area (TPSA) is 101 Å². The third kappa shape index (κ3) is 4.77. The molecule has 2 rings (SSSR count). The molecule has 0 saturated heterocycles. The molecule has 0 saturated carbocycles. The summed E-state index contributed by atoms with van der Waals surface area (Å²) in [5.41, 5.74) is 1.05. The lowest BCUT2D eigenvalue weighted by molar-refractivity contribution is 0.0689. The third-order valence-electron chi connectivity index (χ3n) is 3.46. The highest BCUT2D eigenvalue weighted by atomic mass is 16.5. The van der Waals surface area contributed by atoms with E-state index in [1.165, 1.54) is 0 Å². The Kier molecular flexibility index (Phi) is 5.83. The van der Waals surface area contributed by atoms with Crippen molar-refractivity contribution in [3.8, 4) is 5.75 Å². The van der Waals surface area contributed by atoms with Crippen molar-refractivity contribution in [2.45, 2.75) is 13.3 Å². The van der Waals surface area contributed by atoms with Crippen molar-refractivity contribution in [1.29, 1.82) is 0 Å². The van der Waals surface area contributed by atoms with E-state index >= 15 is 0 Å². The number of amides is 1. The summed E-state index contributed by atoms with van der Waals surface area (Å²) in [6.45, 7) is 2.51. The summed E-state index contributed by atoms with van der Waals surface area (Å²) in [6, 6.07) is 7.79. The molecule has 0 aliphatic rings. The Bertz CT molecular complexity index is 699. The lowest BCUT2D eigenvalue weighted by Crippen LogP contribution is -2.30. The van der Waals surface area contributed by atoms with Gasteiger partial charge in [-0.3, -0.25) is 4.79 Å². The van der Waals surface area contributed by atoms with Crippen LogP contribution in [0, 0.1) is 5.92 Å². The maximum absolute atomic E-state index is 12.0. The number of aromatic carboxylic acids is 1. The predicted octanol–water partition coefficient (Wildman–Crippen LogP) is 1.79. The fraction of sp³-hybridized carbons (Fsp3) is 0.294. The number of hydrogen-bond acceptors (Lipinski definition) is 5. The van der Waals surface area contributed by atoms with Crippen molar-refractivity contribution in [2.24, 2.45) is 5.92 Å². The van der Waals surface area contributed by atoms with Crippen molar-refractivity contribution >= 4 is 11.9 Å². The summed E-state index contributed by atoms with van der Waals surface area (Å²) in [4.78, 5) is 30.2. The monoisotopic (exact) mass is 329 g/mol. The number of nitrogens with one attached hydrogen (secondary N) is 1. The van der Waals surface area contributed by atoms with Crippen LogP contribution in [0.3, 0.4) is 0 Å². The molecule has 0 aliphatic heterocycles. The number of rotatable bonds is 7. The van der Waals surface area contributed by atoms with E-state index in [1.807, 2.05) is 31.2 Å². The Morgan fingerprint density at radius 3 is 2.33 bits per heavy atom. The third-order valence-corrected chi connectivity index (χ3v) is 3.46. The van der Waals surface area contributed by atoms with Gasteiger partial charge in [0.25, 0.3) is 5.91 Å². The zero-order chi connectivity index (χ0) is 17.5. The molecule has 0 aliphatic carbocycles. The number of benzene rings is 1. The Morgan fingerprint density at radius 1 is 1.17 bits per heavy atom. The summed E-state index contributed by atoms with van der Waals surface area (Å²) >= 11 is 0. The standard InChI is InChI=1S/C17H19N3O4/c1-11(7-12-3-5-13(24-2)6-4-12)8-20-16(21)14-9-19-15(10-18-14)17(22)23/h3-6,9-11H,7-8H2,1-2H3,(H,20,21)(H,22,23). The molecule has 1 amide bonds. The smallest absolute Gasteiger partial charge is 0.356 e. The van der Waals surface area contributed by atoms with Gasteiger partial charge in [-0.05, 0) is 30.0 Å². The van der Waals surface area contributed by atoms with Gasteiger partial charge in [-0.15, -0.1) is 0 Å². The van der Waals surface area contributed by atoms with Gasteiger partial charge in [0.15, 0.2) is 5.69 Å². The van der Waals surface area contributed by atoms with Crippen molar-refractivity contribution in [2.75, 3.05) is 13.7 Å². The molecular weight excluding hydrogens is 310 g/mol. The summed E-state index contributed by atoms with van der Waals surface area (Å²) < 4.78 is 5.12. The molecule has 1 unspecified atom stereocenters. The number of carbonyl (C=O) groups is 2. The number of carbonyl (C=O) groups excluding carboxylic acids is 1. The molecule has 0 bridgehead atoms. The molecule has 126 valence electrons. The van der Waals surface area contributed by atoms with Gasteiger partial charge in [-0.1, -0.05) is 19.1 Å². The molecule has 1 heterocycles. The maximum Gasteiger partial charge on any atom is 0.356 e. The molecular formula is C17H19N3O4. The van der Waals surface area contributed by atoms with E-state index < -0.39 is 5.97 Å². The highest BCUT2D eigenvalue weighted by molar-refractivity contribution is 5.92. The molecule has 1 atom stereocenters. The molecule has 7 heteroatoms. The summed E-state index contributed by atoms with van der Waals surface area (Å²) in [5, 5.41) is 11.5. The second-order valence-electron chi connectivity index (χ2n) is 5.46. The number of aromatic nitrogens is 2. The predicted molar refractivity (Wildman–Crippen MR) is 87.2 cm³/mol. The minimum Gasteiger partial charge on any atom is -0.497 e. The number of carboxylic acids is 1. The van der Waals surface area contributed by atoms with Gasteiger partial charge in [0.2, 0.25) is 0 Å². The van der Waals surface area contributed by atoms with E-state index in [-0.39, 0.29) is 23.2 Å². The van der Waals surface area contributed by atoms with Gasteiger partial charge in [0.05, 0.1) is 19.5 Å². The number of hydrogen-bond donors (Lipinski definition) is 2. The fourth-order valence-corrected chi connectivity index (χ4v) is 2.15. The van der Waals surface area contributed by atoms with E-state index in [9.17, 15) is 9.59 Å². The quantitative estimate of drug-likeness (QED) is 0.803. The van der Waals surface area contributed by atoms with Crippen molar-refractivity contribution in [3.05, 3.63) is 53.6 Å².